The number of benzene rings is 2. The van der Waals surface area contributed by atoms with E-state index in [1.54, 1.807) is 14.2 Å². The lowest BCUT2D eigenvalue weighted by Crippen LogP contribution is -2.30. The Labute approximate surface area is 155 Å². The molecule has 0 amide bonds. The highest BCUT2D eigenvalue weighted by atomic mass is 32.1. The molecule has 0 aliphatic carbocycles. The van der Waals surface area contributed by atoms with E-state index in [-0.39, 0.29) is 0 Å². The van der Waals surface area contributed by atoms with Crippen molar-refractivity contribution in [2.24, 2.45) is 0 Å². The first-order chi connectivity index (χ1) is 12.0. The Kier molecular flexibility index (Phi) is 6.65. The van der Waals surface area contributed by atoms with E-state index in [1.807, 2.05) is 36.2 Å². The fraction of sp³-hybridized carbons (Fsp3) is 0.350. The highest BCUT2D eigenvalue weighted by Crippen LogP contribution is 2.30. The first-order valence-corrected chi connectivity index (χ1v) is 8.71. The molecule has 0 aliphatic rings. The Morgan fingerprint density at radius 3 is 2.44 bits per heavy atom. The van der Waals surface area contributed by atoms with Crippen molar-refractivity contribution in [3.8, 4) is 11.5 Å². The van der Waals surface area contributed by atoms with Crippen LogP contribution in [0.1, 0.15) is 23.6 Å². The van der Waals surface area contributed by atoms with E-state index in [0.29, 0.717) is 11.7 Å². The summed E-state index contributed by atoms with van der Waals surface area (Å²) < 4.78 is 10.8. The van der Waals surface area contributed by atoms with Crippen LogP contribution in [0.5, 0.6) is 11.5 Å². The number of thiocarbonyl (C=S) groups is 1. The van der Waals surface area contributed by atoms with Crippen LogP contribution in [0.2, 0.25) is 0 Å². The SMILES string of the molecule is CCc1cccc(NC(=S)N(C)Cc2cc(OC)c(OC)cc2C)c1. The van der Waals surface area contributed by atoms with Gasteiger partial charge in [0.25, 0.3) is 0 Å². The number of anilines is 1. The summed E-state index contributed by atoms with van der Waals surface area (Å²) in [6.07, 6.45) is 1.00. The number of methoxy groups -OCH3 is 2. The van der Waals surface area contributed by atoms with E-state index in [4.69, 9.17) is 21.7 Å². The molecule has 0 saturated heterocycles. The molecule has 5 heteroatoms. The normalized spacial score (nSPS) is 10.3. The van der Waals surface area contributed by atoms with Gasteiger partial charge >= 0.3 is 0 Å². The van der Waals surface area contributed by atoms with Crippen molar-refractivity contribution in [3.63, 3.8) is 0 Å². The molecule has 2 aromatic rings. The Morgan fingerprint density at radius 1 is 1.12 bits per heavy atom. The topological polar surface area (TPSA) is 33.7 Å². The van der Waals surface area contributed by atoms with Gasteiger partial charge in [-0.1, -0.05) is 19.1 Å². The summed E-state index contributed by atoms with van der Waals surface area (Å²) in [6, 6.07) is 12.3. The molecule has 1 N–H and O–H groups in total. The van der Waals surface area contributed by atoms with Gasteiger partial charge in [-0.05, 0) is 66.5 Å². The number of aryl methyl sites for hydroxylation is 2. The van der Waals surface area contributed by atoms with Crippen molar-refractivity contribution >= 4 is 23.0 Å². The number of nitrogens with zero attached hydrogens (tertiary/aromatic N) is 1. The zero-order valence-electron chi connectivity index (χ0n) is 15.6. The number of rotatable bonds is 6. The van der Waals surface area contributed by atoms with Gasteiger partial charge in [-0.3, -0.25) is 0 Å². The van der Waals surface area contributed by atoms with Gasteiger partial charge in [-0.25, -0.2) is 0 Å². The van der Waals surface area contributed by atoms with Crippen molar-refractivity contribution in [2.45, 2.75) is 26.8 Å². The van der Waals surface area contributed by atoms with Crippen molar-refractivity contribution in [1.29, 1.82) is 0 Å². The van der Waals surface area contributed by atoms with Crippen LogP contribution in [-0.4, -0.2) is 31.3 Å². The molecule has 25 heavy (non-hydrogen) atoms. The third-order valence-electron chi connectivity index (χ3n) is 4.18. The number of hydrogen-bond donors (Lipinski definition) is 1. The average Bonchev–Trinajstić information content (AvgIpc) is 2.62. The molecule has 0 aromatic heterocycles. The van der Waals surface area contributed by atoms with Crippen LogP contribution in [0, 0.1) is 6.92 Å². The maximum atomic E-state index is 5.55. The molecule has 0 fully saturated rings. The van der Waals surface area contributed by atoms with Crippen LogP contribution in [-0.2, 0) is 13.0 Å². The third kappa shape index (κ3) is 4.86. The summed E-state index contributed by atoms with van der Waals surface area (Å²) in [6.45, 7) is 4.89. The summed E-state index contributed by atoms with van der Waals surface area (Å²) in [5.74, 6) is 1.47. The Hall–Kier alpha value is -2.27. The molecule has 0 unspecified atom stereocenters. The largest absolute Gasteiger partial charge is 0.493 e. The lowest BCUT2D eigenvalue weighted by atomic mass is 10.1. The minimum Gasteiger partial charge on any atom is -0.493 e. The highest BCUT2D eigenvalue weighted by Gasteiger charge is 2.12. The van der Waals surface area contributed by atoms with Gasteiger partial charge in [0.1, 0.15) is 0 Å². The van der Waals surface area contributed by atoms with Gasteiger partial charge < -0.3 is 19.7 Å². The summed E-state index contributed by atoms with van der Waals surface area (Å²) in [5, 5.41) is 3.99. The fourth-order valence-corrected chi connectivity index (χ4v) is 2.79. The third-order valence-corrected chi connectivity index (χ3v) is 4.60. The maximum absolute atomic E-state index is 5.55. The predicted octanol–water partition coefficient (Wildman–Crippen LogP) is 4.40. The van der Waals surface area contributed by atoms with E-state index in [1.165, 1.54) is 5.56 Å². The molecule has 0 bridgehead atoms. The minimum atomic E-state index is 0.683. The van der Waals surface area contributed by atoms with Crippen molar-refractivity contribution < 1.29 is 9.47 Å². The predicted molar refractivity (Wildman–Crippen MR) is 108 cm³/mol. The summed E-state index contributed by atoms with van der Waals surface area (Å²) in [5.41, 5.74) is 4.58. The standard InChI is InChI=1S/C20H26N2O2S/c1-6-15-8-7-9-17(11-15)21-20(25)22(3)13-16-12-19(24-5)18(23-4)10-14(16)2/h7-12H,6,13H2,1-5H3,(H,21,25). The van der Waals surface area contributed by atoms with Crippen molar-refractivity contribution in [2.75, 3.05) is 26.6 Å². The van der Waals surface area contributed by atoms with Gasteiger partial charge in [-0.2, -0.15) is 0 Å². The van der Waals surface area contributed by atoms with Crippen molar-refractivity contribution in [1.82, 2.24) is 4.90 Å². The monoisotopic (exact) mass is 358 g/mol. The van der Waals surface area contributed by atoms with Crippen LogP contribution in [0.25, 0.3) is 0 Å². The molecule has 0 spiro atoms. The van der Waals surface area contributed by atoms with E-state index < -0.39 is 0 Å². The first-order valence-electron chi connectivity index (χ1n) is 8.31. The molecular formula is C20H26N2O2S. The zero-order chi connectivity index (χ0) is 18.4. The molecule has 0 aliphatic heterocycles. The molecule has 2 aromatic carbocycles. The smallest absolute Gasteiger partial charge is 0.173 e. The van der Waals surface area contributed by atoms with E-state index in [0.717, 1.165) is 34.7 Å². The molecule has 0 saturated carbocycles. The number of hydrogen-bond acceptors (Lipinski definition) is 3. The average molecular weight is 359 g/mol. The number of ether oxygens (including phenoxy) is 2. The summed E-state index contributed by atoms with van der Waals surface area (Å²) in [4.78, 5) is 2.02. The lowest BCUT2D eigenvalue weighted by molar-refractivity contribution is 0.353. The molecule has 0 heterocycles. The molecule has 4 nitrogen and oxygen atoms in total. The van der Waals surface area contributed by atoms with Gasteiger partial charge in [-0.15, -0.1) is 0 Å². The van der Waals surface area contributed by atoms with Crippen LogP contribution in [0.4, 0.5) is 5.69 Å². The van der Waals surface area contributed by atoms with Crippen LogP contribution >= 0.6 is 12.2 Å². The Balaban J connectivity index is 2.10. The maximum Gasteiger partial charge on any atom is 0.173 e. The first kappa shape index (κ1) is 19.1. The molecule has 134 valence electrons. The van der Waals surface area contributed by atoms with Gasteiger partial charge in [0.15, 0.2) is 16.6 Å². The van der Waals surface area contributed by atoms with Crippen molar-refractivity contribution in [3.05, 3.63) is 53.1 Å². The Bertz CT molecular complexity index is 746. The molecule has 0 atom stereocenters. The molecular weight excluding hydrogens is 332 g/mol. The fourth-order valence-electron chi connectivity index (χ4n) is 2.61. The quantitative estimate of drug-likeness (QED) is 0.774. The molecule has 2 rings (SSSR count). The van der Waals surface area contributed by atoms with Gasteiger partial charge in [0, 0.05) is 19.3 Å². The zero-order valence-corrected chi connectivity index (χ0v) is 16.4. The van der Waals surface area contributed by atoms with E-state index in [9.17, 15) is 0 Å². The van der Waals surface area contributed by atoms with Crippen LogP contribution in [0.3, 0.4) is 0 Å². The minimum absolute atomic E-state index is 0.683. The second-order valence-electron chi connectivity index (χ2n) is 5.97. The van der Waals surface area contributed by atoms with Gasteiger partial charge in [0.2, 0.25) is 0 Å². The van der Waals surface area contributed by atoms with E-state index in [2.05, 4.69) is 31.3 Å². The second-order valence-corrected chi connectivity index (χ2v) is 6.36. The second kappa shape index (κ2) is 8.72. The highest BCUT2D eigenvalue weighted by molar-refractivity contribution is 7.80. The summed E-state index contributed by atoms with van der Waals surface area (Å²) in [7, 11) is 5.27. The van der Waals surface area contributed by atoms with Gasteiger partial charge in [0.05, 0.1) is 14.2 Å². The van der Waals surface area contributed by atoms with Crippen LogP contribution in [0.15, 0.2) is 36.4 Å². The number of nitrogens with one attached hydrogen (secondary N) is 1. The van der Waals surface area contributed by atoms with Crippen LogP contribution < -0.4 is 14.8 Å². The Morgan fingerprint density at radius 2 is 1.80 bits per heavy atom. The summed E-state index contributed by atoms with van der Waals surface area (Å²) >= 11 is 5.55. The lowest BCUT2D eigenvalue weighted by Gasteiger charge is -2.23. The molecule has 0 radical (unpaired) electrons. The van der Waals surface area contributed by atoms with E-state index >= 15 is 0 Å².